The summed E-state index contributed by atoms with van der Waals surface area (Å²) in [6.45, 7) is 3.19. The molecule has 2 aromatic rings. The van der Waals surface area contributed by atoms with Crippen LogP contribution >= 0.6 is 0 Å². The lowest BCUT2D eigenvalue weighted by Crippen LogP contribution is -2.24. The van der Waals surface area contributed by atoms with Gasteiger partial charge in [0, 0.05) is 38.8 Å². The standard InChI is InChI=1S/C18H25F2N5/c1-4-10-24(3)16-22-21-15(13-7-5-11-23(13)2)25(16)12-14-17(8-6-9-17)18(14,19)20/h5,7,11,14H,4,6,8-10,12H2,1-3H3. The van der Waals surface area contributed by atoms with Crippen molar-refractivity contribution in [3.8, 4) is 11.5 Å². The maximum Gasteiger partial charge on any atom is 0.259 e. The lowest BCUT2D eigenvalue weighted by Gasteiger charge is -2.26. The Morgan fingerprint density at radius 2 is 2.08 bits per heavy atom. The molecule has 2 fully saturated rings. The zero-order valence-corrected chi connectivity index (χ0v) is 15.0. The van der Waals surface area contributed by atoms with E-state index in [-0.39, 0.29) is 6.54 Å². The zero-order chi connectivity index (χ0) is 17.8. The van der Waals surface area contributed by atoms with Gasteiger partial charge in [-0.3, -0.25) is 4.57 Å². The number of rotatable bonds is 6. The average Bonchev–Trinajstić information content (AvgIpc) is 2.89. The molecule has 0 aromatic carbocycles. The van der Waals surface area contributed by atoms with Gasteiger partial charge in [0.2, 0.25) is 5.95 Å². The van der Waals surface area contributed by atoms with Crippen LogP contribution in [-0.4, -0.2) is 38.8 Å². The number of halogens is 2. The lowest BCUT2D eigenvalue weighted by molar-refractivity contribution is 0.0275. The summed E-state index contributed by atoms with van der Waals surface area (Å²) in [4.78, 5) is 2.01. The van der Waals surface area contributed by atoms with Crippen LogP contribution in [-0.2, 0) is 13.6 Å². The second kappa shape index (κ2) is 5.54. The first-order valence-electron chi connectivity index (χ1n) is 9.06. The molecule has 0 amide bonds. The fourth-order valence-electron chi connectivity index (χ4n) is 4.37. The van der Waals surface area contributed by atoms with E-state index in [0.717, 1.165) is 25.1 Å². The average molecular weight is 349 g/mol. The van der Waals surface area contributed by atoms with Gasteiger partial charge >= 0.3 is 0 Å². The molecule has 2 saturated carbocycles. The van der Waals surface area contributed by atoms with Crippen molar-refractivity contribution in [2.75, 3.05) is 18.5 Å². The fraction of sp³-hybridized carbons (Fsp3) is 0.667. The Bertz CT molecular complexity index is 774. The molecule has 0 radical (unpaired) electrons. The van der Waals surface area contributed by atoms with Crippen molar-refractivity contribution in [2.24, 2.45) is 18.4 Å². The predicted molar refractivity (Wildman–Crippen MR) is 92.7 cm³/mol. The van der Waals surface area contributed by atoms with Crippen molar-refractivity contribution in [3.05, 3.63) is 18.3 Å². The van der Waals surface area contributed by atoms with E-state index in [2.05, 4.69) is 17.1 Å². The van der Waals surface area contributed by atoms with Crippen LogP contribution in [0.2, 0.25) is 0 Å². The number of hydrogen-bond acceptors (Lipinski definition) is 3. The van der Waals surface area contributed by atoms with Crippen molar-refractivity contribution in [1.29, 1.82) is 0 Å². The number of aryl methyl sites for hydroxylation is 1. The van der Waals surface area contributed by atoms with Crippen LogP contribution in [0.1, 0.15) is 32.6 Å². The number of aromatic nitrogens is 4. The summed E-state index contributed by atoms with van der Waals surface area (Å²) in [5.74, 6) is -1.81. The van der Waals surface area contributed by atoms with E-state index in [1.165, 1.54) is 0 Å². The van der Waals surface area contributed by atoms with E-state index >= 15 is 0 Å². The molecule has 2 aliphatic carbocycles. The highest BCUT2D eigenvalue weighted by Gasteiger charge is 2.81. The minimum absolute atomic E-state index is 0.282. The molecule has 2 aromatic heterocycles. The molecule has 25 heavy (non-hydrogen) atoms. The van der Waals surface area contributed by atoms with Gasteiger partial charge in [-0.1, -0.05) is 13.3 Å². The molecular weight excluding hydrogens is 324 g/mol. The molecule has 136 valence electrons. The summed E-state index contributed by atoms with van der Waals surface area (Å²) >= 11 is 0. The molecule has 0 bridgehead atoms. The maximum atomic E-state index is 14.4. The first-order chi connectivity index (χ1) is 11.9. The summed E-state index contributed by atoms with van der Waals surface area (Å²) in [5, 5.41) is 8.68. The van der Waals surface area contributed by atoms with Gasteiger partial charge in [0.15, 0.2) is 5.82 Å². The highest BCUT2D eigenvalue weighted by Crippen LogP contribution is 2.75. The van der Waals surface area contributed by atoms with Crippen LogP contribution < -0.4 is 4.90 Å². The summed E-state index contributed by atoms with van der Waals surface area (Å²) < 4.78 is 32.8. The predicted octanol–water partition coefficient (Wildman–Crippen LogP) is 3.57. The highest BCUT2D eigenvalue weighted by atomic mass is 19.3. The zero-order valence-electron chi connectivity index (χ0n) is 15.0. The molecule has 7 heteroatoms. The minimum atomic E-state index is -2.55. The quantitative estimate of drug-likeness (QED) is 0.800. The van der Waals surface area contributed by atoms with Gasteiger partial charge in [0.25, 0.3) is 5.92 Å². The molecule has 5 nitrogen and oxygen atoms in total. The molecule has 0 N–H and O–H groups in total. The van der Waals surface area contributed by atoms with Crippen LogP contribution in [0.25, 0.3) is 11.5 Å². The van der Waals surface area contributed by atoms with Crippen molar-refractivity contribution in [2.45, 2.75) is 45.1 Å². The van der Waals surface area contributed by atoms with Crippen LogP contribution in [0.5, 0.6) is 0 Å². The molecule has 2 heterocycles. The van der Waals surface area contributed by atoms with Gasteiger partial charge in [-0.05, 0) is 31.4 Å². The monoisotopic (exact) mass is 349 g/mol. The van der Waals surface area contributed by atoms with Gasteiger partial charge in [-0.15, -0.1) is 10.2 Å². The molecule has 0 saturated heterocycles. The van der Waals surface area contributed by atoms with Gasteiger partial charge in [0.05, 0.1) is 11.6 Å². The fourth-order valence-corrected chi connectivity index (χ4v) is 4.37. The van der Waals surface area contributed by atoms with Crippen LogP contribution in [0.15, 0.2) is 18.3 Å². The second-order valence-electron chi connectivity index (χ2n) is 7.55. The highest BCUT2D eigenvalue weighted by molar-refractivity contribution is 5.54. The number of anilines is 1. The van der Waals surface area contributed by atoms with Crippen molar-refractivity contribution < 1.29 is 8.78 Å². The van der Waals surface area contributed by atoms with Crippen molar-refractivity contribution in [3.63, 3.8) is 0 Å². The Hall–Kier alpha value is -1.92. The number of hydrogen-bond donors (Lipinski definition) is 0. The summed E-state index contributed by atoms with van der Waals surface area (Å²) in [5.41, 5.74) is 0.138. The first-order valence-corrected chi connectivity index (χ1v) is 9.06. The summed E-state index contributed by atoms with van der Waals surface area (Å²) in [6.07, 6.45) is 5.11. The lowest BCUT2D eigenvalue weighted by atomic mass is 9.79. The van der Waals surface area contributed by atoms with E-state index in [1.54, 1.807) is 0 Å². The van der Waals surface area contributed by atoms with Gasteiger partial charge in [-0.25, -0.2) is 8.78 Å². The molecule has 1 atom stereocenters. The third-order valence-electron chi connectivity index (χ3n) is 6.10. The largest absolute Gasteiger partial charge is 0.348 e. The van der Waals surface area contributed by atoms with E-state index in [0.29, 0.717) is 24.6 Å². The SMILES string of the molecule is CCCN(C)c1nnc(-c2cccn2C)n1CC1C(F)(F)C12CCC2. The Kier molecular flexibility index (Phi) is 3.67. The van der Waals surface area contributed by atoms with Crippen LogP contribution in [0, 0.1) is 11.3 Å². The van der Waals surface area contributed by atoms with Gasteiger partial charge in [0.1, 0.15) is 0 Å². The summed E-state index contributed by atoms with van der Waals surface area (Å²) in [7, 11) is 3.88. The molecule has 0 aliphatic heterocycles. The summed E-state index contributed by atoms with van der Waals surface area (Å²) in [6, 6.07) is 3.89. The minimum Gasteiger partial charge on any atom is -0.348 e. The van der Waals surface area contributed by atoms with Gasteiger partial charge in [-0.2, -0.15) is 0 Å². The Morgan fingerprint density at radius 3 is 2.60 bits per heavy atom. The Balaban J connectivity index is 1.71. The van der Waals surface area contributed by atoms with Crippen LogP contribution in [0.3, 0.4) is 0 Å². The normalized spacial score (nSPS) is 22.8. The van der Waals surface area contributed by atoms with E-state index < -0.39 is 17.3 Å². The first kappa shape index (κ1) is 16.5. The van der Waals surface area contributed by atoms with E-state index in [4.69, 9.17) is 0 Å². The molecule has 1 spiro atoms. The molecule has 4 rings (SSSR count). The third-order valence-corrected chi connectivity index (χ3v) is 6.10. The second-order valence-corrected chi connectivity index (χ2v) is 7.55. The smallest absolute Gasteiger partial charge is 0.259 e. The Labute approximate surface area is 146 Å². The number of nitrogens with zero attached hydrogens (tertiary/aromatic N) is 5. The topological polar surface area (TPSA) is 38.9 Å². The van der Waals surface area contributed by atoms with E-state index in [1.807, 2.05) is 46.5 Å². The third kappa shape index (κ3) is 2.24. The number of alkyl halides is 2. The molecule has 1 unspecified atom stereocenters. The maximum absolute atomic E-state index is 14.4. The van der Waals surface area contributed by atoms with Crippen molar-refractivity contribution >= 4 is 5.95 Å². The van der Waals surface area contributed by atoms with Crippen LogP contribution in [0.4, 0.5) is 14.7 Å². The Morgan fingerprint density at radius 1 is 1.32 bits per heavy atom. The van der Waals surface area contributed by atoms with Crippen molar-refractivity contribution in [1.82, 2.24) is 19.3 Å². The van der Waals surface area contributed by atoms with Gasteiger partial charge < -0.3 is 9.47 Å². The van der Waals surface area contributed by atoms with E-state index in [9.17, 15) is 8.78 Å². The molecular formula is C18H25F2N5. The molecule has 2 aliphatic rings.